The molecule has 0 aromatic heterocycles. The van der Waals surface area contributed by atoms with E-state index >= 15 is 0 Å². The Hall–Kier alpha value is -1.44. The fourth-order valence-corrected chi connectivity index (χ4v) is 2.89. The van der Waals surface area contributed by atoms with E-state index in [1.54, 1.807) is 12.1 Å². The summed E-state index contributed by atoms with van der Waals surface area (Å²) in [7, 11) is 0. The second kappa shape index (κ2) is 3.02. The SMILES string of the molecule is Oc1ccc(O)c2c1C1C=CC2CCC1. The molecule has 0 radical (unpaired) electrons. The van der Waals surface area contributed by atoms with Gasteiger partial charge in [-0.05, 0) is 25.0 Å². The number of rotatable bonds is 0. The first-order valence-electron chi connectivity index (χ1n) is 5.50. The van der Waals surface area contributed by atoms with E-state index in [2.05, 4.69) is 12.2 Å². The lowest BCUT2D eigenvalue weighted by Gasteiger charge is -2.23. The van der Waals surface area contributed by atoms with Crippen molar-refractivity contribution in [1.29, 1.82) is 0 Å². The first-order chi connectivity index (χ1) is 7.27. The smallest absolute Gasteiger partial charge is 0.119 e. The topological polar surface area (TPSA) is 40.5 Å². The molecule has 0 spiro atoms. The molecule has 15 heavy (non-hydrogen) atoms. The molecule has 0 heterocycles. The van der Waals surface area contributed by atoms with E-state index < -0.39 is 0 Å². The van der Waals surface area contributed by atoms with Crippen LogP contribution in [0.1, 0.15) is 42.2 Å². The number of aromatic hydroxyl groups is 2. The third-order valence-corrected chi connectivity index (χ3v) is 3.59. The standard InChI is InChI=1S/C13H14O2/c14-10-6-7-11(15)13-9-3-1-2-8(4-5-9)12(10)13/h4-9,14-15H,1-3H2. The van der Waals surface area contributed by atoms with Gasteiger partial charge in [0, 0.05) is 23.0 Å². The Labute approximate surface area is 88.9 Å². The van der Waals surface area contributed by atoms with Crippen molar-refractivity contribution < 1.29 is 10.2 Å². The molecule has 2 heteroatoms. The minimum Gasteiger partial charge on any atom is -0.508 e. The number of allylic oxidation sites excluding steroid dienone is 2. The van der Waals surface area contributed by atoms with Crippen LogP contribution < -0.4 is 0 Å². The van der Waals surface area contributed by atoms with Gasteiger partial charge in [-0.15, -0.1) is 0 Å². The Morgan fingerprint density at radius 3 is 1.80 bits per heavy atom. The summed E-state index contributed by atoms with van der Waals surface area (Å²) in [5, 5.41) is 19.8. The predicted octanol–water partition coefficient (Wildman–Crippen LogP) is 3.02. The van der Waals surface area contributed by atoms with Crippen molar-refractivity contribution >= 4 is 0 Å². The normalized spacial score (nSPS) is 27.5. The molecule has 0 fully saturated rings. The zero-order valence-corrected chi connectivity index (χ0v) is 8.48. The summed E-state index contributed by atoms with van der Waals surface area (Å²) >= 11 is 0. The molecule has 0 aliphatic heterocycles. The molecule has 78 valence electrons. The average molecular weight is 202 g/mol. The fourth-order valence-electron chi connectivity index (χ4n) is 2.89. The molecule has 0 saturated carbocycles. The van der Waals surface area contributed by atoms with Crippen molar-refractivity contribution in [3.8, 4) is 11.5 Å². The summed E-state index contributed by atoms with van der Waals surface area (Å²) in [6.07, 6.45) is 7.68. The summed E-state index contributed by atoms with van der Waals surface area (Å²) in [5.74, 6) is 1.27. The minimum absolute atomic E-state index is 0.297. The average Bonchev–Trinajstić information content (AvgIpc) is 2.57. The van der Waals surface area contributed by atoms with Gasteiger partial charge in [0.2, 0.25) is 0 Å². The summed E-state index contributed by atoms with van der Waals surface area (Å²) in [5.41, 5.74) is 1.92. The van der Waals surface area contributed by atoms with Gasteiger partial charge >= 0.3 is 0 Å². The van der Waals surface area contributed by atoms with Crippen LogP contribution in [0.2, 0.25) is 0 Å². The zero-order valence-electron chi connectivity index (χ0n) is 8.48. The van der Waals surface area contributed by atoms with Gasteiger partial charge in [-0.3, -0.25) is 0 Å². The Kier molecular flexibility index (Phi) is 1.78. The highest BCUT2D eigenvalue weighted by Gasteiger charge is 2.30. The van der Waals surface area contributed by atoms with Crippen molar-refractivity contribution in [2.45, 2.75) is 31.1 Å². The molecule has 1 aromatic carbocycles. The van der Waals surface area contributed by atoms with E-state index in [0.717, 1.165) is 30.4 Å². The molecule has 2 atom stereocenters. The van der Waals surface area contributed by atoms with Crippen LogP contribution >= 0.6 is 0 Å². The van der Waals surface area contributed by atoms with E-state index in [0.29, 0.717) is 23.3 Å². The third kappa shape index (κ3) is 1.17. The maximum Gasteiger partial charge on any atom is 0.119 e. The lowest BCUT2D eigenvalue weighted by Crippen LogP contribution is -2.05. The van der Waals surface area contributed by atoms with E-state index in [1.165, 1.54) is 0 Å². The van der Waals surface area contributed by atoms with Gasteiger partial charge in [0.25, 0.3) is 0 Å². The Morgan fingerprint density at radius 2 is 1.33 bits per heavy atom. The number of hydrogen-bond donors (Lipinski definition) is 2. The van der Waals surface area contributed by atoms with Crippen molar-refractivity contribution in [2.24, 2.45) is 0 Å². The zero-order chi connectivity index (χ0) is 10.4. The van der Waals surface area contributed by atoms with Crippen LogP contribution in [0.3, 0.4) is 0 Å². The van der Waals surface area contributed by atoms with Gasteiger partial charge in [0.15, 0.2) is 0 Å². The van der Waals surface area contributed by atoms with Gasteiger partial charge in [0.05, 0.1) is 0 Å². The van der Waals surface area contributed by atoms with Crippen molar-refractivity contribution in [1.82, 2.24) is 0 Å². The summed E-state index contributed by atoms with van der Waals surface area (Å²) in [4.78, 5) is 0. The molecule has 0 saturated heterocycles. The van der Waals surface area contributed by atoms with Gasteiger partial charge in [-0.1, -0.05) is 18.6 Å². The lowest BCUT2D eigenvalue weighted by atomic mass is 9.82. The summed E-state index contributed by atoms with van der Waals surface area (Å²) < 4.78 is 0. The van der Waals surface area contributed by atoms with Crippen LogP contribution in [0.4, 0.5) is 0 Å². The van der Waals surface area contributed by atoms with Crippen LogP contribution in [0.5, 0.6) is 11.5 Å². The van der Waals surface area contributed by atoms with Crippen LogP contribution in [0.25, 0.3) is 0 Å². The number of phenols is 2. The maximum absolute atomic E-state index is 9.88. The van der Waals surface area contributed by atoms with Crippen molar-refractivity contribution in [3.05, 3.63) is 35.4 Å². The lowest BCUT2D eigenvalue weighted by molar-refractivity contribution is 0.443. The van der Waals surface area contributed by atoms with Crippen molar-refractivity contribution in [3.63, 3.8) is 0 Å². The monoisotopic (exact) mass is 202 g/mol. The number of benzene rings is 1. The molecule has 2 nitrogen and oxygen atoms in total. The highest BCUT2D eigenvalue weighted by Crippen LogP contribution is 2.49. The molecule has 3 aliphatic carbocycles. The van der Waals surface area contributed by atoms with Crippen LogP contribution in [-0.4, -0.2) is 10.2 Å². The molecule has 0 amide bonds. The van der Waals surface area contributed by atoms with Gasteiger partial charge in [-0.25, -0.2) is 0 Å². The van der Waals surface area contributed by atoms with E-state index in [4.69, 9.17) is 0 Å². The minimum atomic E-state index is 0.297. The molecule has 2 N–H and O–H groups in total. The quantitative estimate of drug-likeness (QED) is 0.501. The molecule has 1 aromatic rings. The molecular formula is C13H14O2. The molecule has 2 unspecified atom stereocenters. The largest absolute Gasteiger partial charge is 0.508 e. The van der Waals surface area contributed by atoms with Crippen LogP contribution in [0.15, 0.2) is 24.3 Å². The maximum atomic E-state index is 9.88. The van der Waals surface area contributed by atoms with E-state index in [1.807, 2.05) is 0 Å². The molecule has 3 aliphatic rings. The van der Waals surface area contributed by atoms with Gasteiger partial charge in [-0.2, -0.15) is 0 Å². The predicted molar refractivity (Wildman–Crippen MR) is 58.2 cm³/mol. The van der Waals surface area contributed by atoms with Crippen molar-refractivity contribution in [2.75, 3.05) is 0 Å². The first kappa shape index (κ1) is 8.84. The highest BCUT2D eigenvalue weighted by atomic mass is 16.3. The second-order valence-electron chi connectivity index (χ2n) is 4.46. The molecule has 2 bridgehead atoms. The highest BCUT2D eigenvalue weighted by molar-refractivity contribution is 5.56. The van der Waals surface area contributed by atoms with Crippen LogP contribution in [-0.2, 0) is 0 Å². The number of hydrogen-bond acceptors (Lipinski definition) is 2. The number of phenolic OH excluding ortho intramolecular Hbond substituents is 2. The third-order valence-electron chi connectivity index (χ3n) is 3.59. The molecule has 4 rings (SSSR count). The summed E-state index contributed by atoms with van der Waals surface area (Å²) in [6.45, 7) is 0. The van der Waals surface area contributed by atoms with E-state index in [9.17, 15) is 10.2 Å². The van der Waals surface area contributed by atoms with Gasteiger partial charge in [0.1, 0.15) is 11.5 Å². The molecular weight excluding hydrogens is 188 g/mol. The second-order valence-corrected chi connectivity index (χ2v) is 4.46. The first-order valence-corrected chi connectivity index (χ1v) is 5.50. The van der Waals surface area contributed by atoms with Gasteiger partial charge < -0.3 is 10.2 Å². The Morgan fingerprint density at radius 1 is 0.867 bits per heavy atom. The van der Waals surface area contributed by atoms with Crippen LogP contribution in [0, 0.1) is 0 Å². The Bertz CT molecular complexity index is 395. The number of fused-ring (bicyclic) bond motifs is 2. The van der Waals surface area contributed by atoms with E-state index in [-0.39, 0.29) is 0 Å². The Balaban J connectivity index is 2.29. The fraction of sp³-hybridized carbons (Fsp3) is 0.385. The summed E-state index contributed by atoms with van der Waals surface area (Å²) in [6, 6.07) is 3.20.